The average molecular weight is 477 g/mol. The molecule has 10 heteroatoms. The second-order valence-electron chi connectivity index (χ2n) is 8.02. The van der Waals surface area contributed by atoms with E-state index in [4.69, 9.17) is 39.1 Å². The maximum atomic E-state index is 13.4. The van der Waals surface area contributed by atoms with Crippen LogP contribution in [0.3, 0.4) is 0 Å². The first-order valence-corrected chi connectivity index (χ1v) is 10.9. The van der Waals surface area contributed by atoms with E-state index in [1.807, 2.05) is 30.3 Å². The zero-order chi connectivity index (χ0) is 24.5. The van der Waals surface area contributed by atoms with Crippen LogP contribution in [0.15, 0.2) is 42.5 Å². The number of hydrogen-bond donors (Lipinski definition) is 3. The van der Waals surface area contributed by atoms with Crippen LogP contribution in [-0.4, -0.2) is 71.8 Å². The molecule has 9 nitrogen and oxygen atoms in total. The van der Waals surface area contributed by atoms with Crippen molar-refractivity contribution < 1.29 is 43.5 Å². The normalized spacial score (nSPS) is 19.1. The third-order valence-electron chi connectivity index (χ3n) is 5.74. The second kappa shape index (κ2) is 12.2. The number of aliphatic carboxylic acids is 2. The van der Waals surface area contributed by atoms with E-state index in [1.54, 1.807) is 0 Å². The number of halogens is 1. The summed E-state index contributed by atoms with van der Waals surface area (Å²) in [5.74, 6) is -1.05. The molecular formula is C24H28FNO8. The number of ether oxygens (including phenoxy) is 3. The number of carbonyl (C=O) groups is 2. The summed E-state index contributed by atoms with van der Waals surface area (Å²) in [6, 6.07) is 12.5. The molecule has 2 aliphatic rings. The van der Waals surface area contributed by atoms with E-state index >= 15 is 0 Å². The van der Waals surface area contributed by atoms with Crippen LogP contribution < -0.4 is 14.2 Å². The van der Waals surface area contributed by atoms with E-state index in [9.17, 15) is 4.39 Å². The molecule has 34 heavy (non-hydrogen) atoms. The molecule has 0 aliphatic carbocycles. The molecule has 1 fully saturated rings. The lowest BCUT2D eigenvalue weighted by molar-refractivity contribution is -0.159. The predicted molar refractivity (Wildman–Crippen MR) is 119 cm³/mol. The van der Waals surface area contributed by atoms with Crippen LogP contribution in [-0.2, 0) is 9.59 Å². The Hall–Kier alpha value is -3.37. The highest BCUT2D eigenvalue weighted by Crippen LogP contribution is 2.37. The molecule has 0 saturated carbocycles. The molecule has 1 saturated heterocycles. The summed E-state index contributed by atoms with van der Waals surface area (Å²) in [5.41, 5.74) is 1.16. The Morgan fingerprint density at radius 2 is 1.76 bits per heavy atom. The summed E-state index contributed by atoms with van der Waals surface area (Å²) in [4.78, 5) is 20.6. The molecule has 2 heterocycles. The lowest BCUT2D eigenvalue weighted by Gasteiger charge is -2.38. The van der Waals surface area contributed by atoms with Crippen LogP contribution in [0.25, 0.3) is 0 Å². The van der Waals surface area contributed by atoms with E-state index < -0.39 is 11.9 Å². The van der Waals surface area contributed by atoms with Gasteiger partial charge in [-0.1, -0.05) is 12.1 Å². The van der Waals surface area contributed by atoms with Gasteiger partial charge in [-0.15, -0.1) is 0 Å². The summed E-state index contributed by atoms with van der Waals surface area (Å²) in [5, 5.41) is 23.9. The monoisotopic (exact) mass is 477 g/mol. The third kappa shape index (κ3) is 7.06. The van der Waals surface area contributed by atoms with Gasteiger partial charge in [0.05, 0.1) is 6.61 Å². The Bertz CT molecular complexity index is 956. The third-order valence-corrected chi connectivity index (χ3v) is 5.74. The highest BCUT2D eigenvalue weighted by molar-refractivity contribution is 6.27. The number of fused-ring (bicyclic) bond motifs is 1. The van der Waals surface area contributed by atoms with Crippen molar-refractivity contribution in [2.24, 2.45) is 5.92 Å². The number of nitrogens with zero attached hydrogens (tertiary/aromatic N) is 1. The van der Waals surface area contributed by atoms with E-state index in [1.165, 1.54) is 12.1 Å². The fourth-order valence-corrected chi connectivity index (χ4v) is 4.09. The highest BCUT2D eigenvalue weighted by atomic mass is 19.1. The fourth-order valence-electron chi connectivity index (χ4n) is 4.09. The number of aliphatic hydroxyl groups excluding tert-OH is 1. The Balaban J connectivity index is 0.000000481. The zero-order valence-corrected chi connectivity index (χ0v) is 18.6. The van der Waals surface area contributed by atoms with Crippen molar-refractivity contribution in [3.8, 4) is 17.2 Å². The smallest absolute Gasteiger partial charge is 0.414 e. The van der Waals surface area contributed by atoms with Gasteiger partial charge >= 0.3 is 11.9 Å². The largest absolute Gasteiger partial charge is 0.493 e. The molecule has 3 N–H and O–H groups in total. The predicted octanol–water partition coefficient (Wildman–Crippen LogP) is 2.58. The summed E-state index contributed by atoms with van der Waals surface area (Å²) in [6.45, 7) is 3.77. The number of carboxylic acid groups (broad SMARTS) is 2. The van der Waals surface area contributed by atoms with Crippen molar-refractivity contribution in [1.82, 2.24) is 4.90 Å². The van der Waals surface area contributed by atoms with Gasteiger partial charge in [0.25, 0.3) is 0 Å². The second-order valence-corrected chi connectivity index (χ2v) is 8.02. The van der Waals surface area contributed by atoms with E-state index in [2.05, 4.69) is 4.90 Å². The van der Waals surface area contributed by atoms with Crippen molar-refractivity contribution in [3.63, 3.8) is 0 Å². The van der Waals surface area contributed by atoms with Gasteiger partial charge in [-0.05, 0) is 55.1 Å². The molecule has 2 aliphatic heterocycles. The molecule has 184 valence electrons. The van der Waals surface area contributed by atoms with Gasteiger partial charge in [0.15, 0.2) is 11.5 Å². The topological polar surface area (TPSA) is 126 Å². The molecule has 0 unspecified atom stereocenters. The first kappa shape index (κ1) is 25.3. The fraction of sp³-hybridized carbons (Fsp3) is 0.417. The lowest BCUT2D eigenvalue weighted by atomic mass is 9.81. The van der Waals surface area contributed by atoms with Gasteiger partial charge in [0, 0.05) is 31.7 Å². The lowest BCUT2D eigenvalue weighted by Crippen LogP contribution is -2.42. The number of hydrogen-bond acceptors (Lipinski definition) is 7. The van der Waals surface area contributed by atoms with Gasteiger partial charge in [-0.25, -0.2) is 14.0 Å². The van der Waals surface area contributed by atoms with Crippen LogP contribution in [0.4, 0.5) is 4.39 Å². The van der Waals surface area contributed by atoms with Crippen LogP contribution in [0.5, 0.6) is 17.2 Å². The molecule has 0 amide bonds. The number of piperidine rings is 1. The number of benzene rings is 2. The molecule has 0 bridgehead atoms. The minimum atomic E-state index is -1.82. The molecule has 2 aromatic rings. The van der Waals surface area contributed by atoms with Crippen LogP contribution >= 0.6 is 0 Å². The summed E-state index contributed by atoms with van der Waals surface area (Å²) in [7, 11) is 0. The van der Waals surface area contributed by atoms with Gasteiger partial charge < -0.3 is 34.4 Å². The van der Waals surface area contributed by atoms with Crippen LogP contribution in [0, 0.1) is 11.7 Å². The maximum Gasteiger partial charge on any atom is 0.414 e. The molecule has 0 radical (unpaired) electrons. The minimum Gasteiger partial charge on any atom is -0.493 e. The Morgan fingerprint density at radius 1 is 1.06 bits per heavy atom. The van der Waals surface area contributed by atoms with Crippen molar-refractivity contribution in [2.45, 2.75) is 18.8 Å². The van der Waals surface area contributed by atoms with Crippen molar-refractivity contribution in [3.05, 3.63) is 53.8 Å². The van der Waals surface area contributed by atoms with Crippen molar-refractivity contribution >= 4 is 11.9 Å². The quantitative estimate of drug-likeness (QED) is 0.516. The number of aliphatic hydroxyl groups is 1. The first-order valence-electron chi connectivity index (χ1n) is 10.9. The van der Waals surface area contributed by atoms with Crippen molar-refractivity contribution in [2.75, 3.05) is 39.6 Å². The number of likely N-dealkylation sites (tertiary alicyclic amines) is 1. The molecule has 2 aromatic carbocycles. The van der Waals surface area contributed by atoms with Crippen molar-refractivity contribution in [1.29, 1.82) is 0 Å². The maximum absolute atomic E-state index is 13.4. The van der Waals surface area contributed by atoms with E-state index in [-0.39, 0.29) is 25.1 Å². The molecule has 4 rings (SSSR count). The average Bonchev–Trinajstić information content (AvgIpc) is 3.30. The minimum absolute atomic E-state index is 0.205. The summed E-state index contributed by atoms with van der Waals surface area (Å²) >= 11 is 0. The zero-order valence-electron chi connectivity index (χ0n) is 18.6. The van der Waals surface area contributed by atoms with E-state index in [0.717, 1.165) is 49.5 Å². The molecule has 0 spiro atoms. The molecule has 2 atom stereocenters. The van der Waals surface area contributed by atoms with Gasteiger partial charge in [0.1, 0.15) is 11.6 Å². The SMILES string of the molecule is O=C(O)C(=O)O.OCCCN1CC[C@H](c2ccc(F)cc2)[C@@H](COc2ccc3c(c2)OCO3)C1. The highest BCUT2D eigenvalue weighted by Gasteiger charge is 2.31. The van der Waals surface area contributed by atoms with Gasteiger partial charge in [-0.3, -0.25) is 0 Å². The summed E-state index contributed by atoms with van der Waals surface area (Å²) in [6.07, 6.45) is 1.77. The van der Waals surface area contributed by atoms with Crippen LogP contribution in [0.1, 0.15) is 24.3 Å². The Kier molecular flexibility index (Phi) is 9.06. The van der Waals surface area contributed by atoms with Gasteiger partial charge in [0.2, 0.25) is 6.79 Å². The molecule has 0 aromatic heterocycles. The molecular weight excluding hydrogens is 449 g/mol. The Labute approximate surface area is 196 Å². The first-order chi connectivity index (χ1) is 16.4. The number of carboxylic acids is 2. The number of rotatable bonds is 7. The van der Waals surface area contributed by atoms with Crippen LogP contribution in [0.2, 0.25) is 0 Å². The van der Waals surface area contributed by atoms with Gasteiger partial charge in [-0.2, -0.15) is 0 Å². The summed E-state index contributed by atoms with van der Waals surface area (Å²) < 4.78 is 30.2. The Morgan fingerprint density at radius 3 is 2.44 bits per heavy atom. The standard InChI is InChI=1S/C22H26FNO4.C2H2O4/c23-18-4-2-16(3-5-18)20-8-10-24(9-1-11-25)13-17(20)14-26-19-6-7-21-22(12-19)28-15-27-21;3-1(4)2(5)6/h2-7,12,17,20,25H,1,8-11,13-15H2;(H,3,4)(H,5,6)/t17-,20-;/m1./s1. The van der Waals surface area contributed by atoms with E-state index in [0.29, 0.717) is 18.3 Å².